The summed E-state index contributed by atoms with van der Waals surface area (Å²) in [7, 11) is 0. The number of hydrogen-bond donors (Lipinski definition) is 6. The molecule has 7 atom stereocenters. The summed E-state index contributed by atoms with van der Waals surface area (Å²) in [5, 5.41) is 54.5. The lowest BCUT2D eigenvalue weighted by Gasteiger charge is -2.40. The van der Waals surface area contributed by atoms with E-state index in [1.54, 1.807) is 6.08 Å². The molecule has 394 valence electrons. The molecule has 1 aliphatic rings. The Morgan fingerprint density at radius 1 is 0.507 bits per heavy atom. The van der Waals surface area contributed by atoms with Crippen molar-refractivity contribution in [2.75, 3.05) is 13.2 Å². The molecule has 1 aliphatic heterocycles. The Bertz CT molecular complexity index is 1150. The molecular formula is C58H109NO8. The molecule has 6 N–H and O–H groups in total. The standard InChI is InChI=1S/C58H109NO8/c1-3-5-7-9-11-13-15-17-19-21-23-24-25-26-27-28-30-32-34-36-38-40-42-44-46-48-54(62)59-51(50-66-58-57(65)56(64)55(63)53(49-60)67-58)52(61)47-45-43-41-39-37-35-33-31-29-22-20-18-16-14-12-10-8-6-4-2/h23-24,26-27,45,47,51-53,55-58,60-61,63-65H,3-22,25,28-44,46,48-50H2,1-2H3,(H,59,62)/b24-23-,27-26-,47-45+. The summed E-state index contributed by atoms with van der Waals surface area (Å²) in [6.45, 7) is 3.80. The van der Waals surface area contributed by atoms with E-state index < -0.39 is 49.5 Å². The van der Waals surface area contributed by atoms with Gasteiger partial charge in [-0.05, 0) is 51.4 Å². The number of amides is 1. The quantitative estimate of drug-likeness (QED) is 0.0261. The summed E-state index contributed by atoms with van der Waals surface area (Å²) >= 11 is 0. The number of nitrogens with one attached hydrogen (secondary N) is 1. The van der Waals surface area contributed by atoms with Gasteiger partial charge in [-0.3, -0.25) is 4.79 Å². The molecule has 0 saturated carbocycles. The first-order chi connectivity index (χ1) is 32.8. The number of carbonyl (C=O) groups excluding carboxylic acids is 1. The maximum absolute atomic E-state index is 13.1. The third-order valence-electron chi connectivity index (χ3n) is 13.7. The zero-order chi connectivity index (χ0) is 48.7. The Labute approximate surface area is 412 Å². The highest BCUT2D eigenvalue weighted by Gasteiger charge is 2.44. The van der Waals surface area contributed by atoms with Crippen molar-refractivity contribution in [3.8, 4) is 0 Å². The van der Waals surface area contributed by atoms with E-state index in [-0.39, 0.29) is 12.5 Å². The molecule has 9 heteroatoms. The third kappa shape index (κ3) is 37.9. The summed E-state index contributed by atoms with van der Waals surface area (Å²) in [6, 6.07) is -0.807. The topological polar surface area (TPSA) is 149 Å². The number of aliphatic hydroxyl groups is 5. The number of hydrogen-bond acceptors (Lipinski definition) is 8. The molecule has 0 radical (unpaired) electrons. The van der Waals surface area contributed by atoms with E-state index in [2.05, 4.69) is 43.5 Å². The van der Waals surface area contributed by atoms with Crippen molar-refractivity contribution in [2.24, 2.45) is 0 Å². The molecule has 9 nitrogen and oxygen atoms in total. The molecule has 0 aromatic carbocycles. The van der Waals surface area contributed by atoms with Crippen LogP contribution in [0.1, 0.15) is 271 Å². The maximum Gasteiger partial charge on any atom is 0.220 e. The van der Waals surface area contributed by atoms with Crippen LogP contribution in [0, 0.1) is 0 Å². The molecule has 7 unspecified atom stereocenters. The van der Waals surface area contributed by atoms with Crippen molar-refractivity contribution < 1.29 is 39.8 Å². The van der Waals surface area contributed by atoms with Crippen LogP contribution in [0.2, 0.25) is 0 Å². The van der Waals surface area contributed by atoms with E-state index in [1.165, 1.54) is 205 Å². The van der Waals surface area contributed by atoms with Crippen molar-refractivity contribution in [3.05, 3.63) is 36.5 Å². The fourth-order valence-electron chi connectivity index (χ4n) is 9.13. The number of allylic oxidation sites excluding steroid dienone is 5. The van der Waals surface area contributed by atoms with Gasteiger partial charge in [0.1, 0.15) is 24.4 Å². The fourth-order valence-corrected chi connectivity index (χ4v) is 9.13. The van der Waals surface area contributed by atoms with Gasteiger partial charge >= 0.3 is 0 Å². The van der Waals surface area contributed by atoms with Gasteiger partial charge in [-0.1, -0.05) is 249 Å². The average Bonchev–Trinajstić information content (AvgIpc) is 3.33. The van der Waals surface area contributed by atoms with Crippen LogP contribution in [-0.2, 0) is 14.3 Å². The summed E-state index contributed by atoms with van der Waals surface area (Å²) in [4.78, 5) is 13.1. The molecule has 1 heterocycles. The molecule has 1 amide bonds. The minimum absolute atomic E-state index is 0.179. The Kier molecular flexibility index (Phi) is 45.5. The molecule has 1 fully saturated rings. The van der Waals surface area contributed by atoms with Gasteiger partial charge in [0, 0.05) is 6.42 Å². The predicted octanol–water partition coefficient (Wildman–Crippen LogP) is 14.0. The second-order valence-electron chi connectivity index (χ2n) is 20.1. The summed E-state index contributed by atoms with van der Waals surface area (Å²) in [5.41, 5.74) is 0. The van der Waals surface area contributed by atoms with Crippen LogP contribution < -0.4 is 5.32 Å². The van der Waals surface area contributed by atoms with E-state index in [1.807, 2.05) is 6.08 Å². The van der Waals surface area contributed by atoms with E-state index in [4.69, 9.17) is 9.47 Å². The SMILES string of the molecule is CCCCCCCCCCC/C=C\C/C=C\CCCCCCCCCCCC(=O)NC(COC1OC(CO)C(O)C(O)C1O)C(O)/C=C/CCCCCCCCCCCCCCCCCCC. The van der Waals surface area contributed by atoms with Gasteiger partial charge in [0.05, 0.1) is 25.4 Å². The number of unbranched alkanes of at least 4 members (excludes halogenated alkanes) is 35. The number of rotatable bonds is 49. The van der Waals surface area contributed by atoms with Crippen LogP contribution in [0.4, 0.5) is 0 Å². The average molecular weight is 949 g/mol. The smallest absolute Gasteiger partial charge is 0.220 e. The van der Waals surface area contributed by atoms with Gasteiger partial charge in [0.2, 0.25) is 5.91 Å². The van der Waals surface area contributed by atoms with Crippen LogP contribution >= 0.6 is 0 Å². The van der Waals surface area contributed by atoms with Gasteiger partial charge in [0.25, 0.3) is 0 Å². The molecule has 1 rings (SSSR count). The van der Waals surface area contributed by atoms with Crippen LogP contribution in [0.3, 0.4) is 0 Å². The molecule has 0 spiro atoms. The van der Waals surface area contributed by atoms with Crippen LogP contribution in [0.15, 0.2) is 36.5 Å². The molecule has 0 aliphatic carbocycles. The van der Waals surface area contributed by atoms with Crippen LogP contribution in [0.5, 0.6) is 0 Å². The molecule has 0 bridgehead atoms. The highest BCUT2D eigenvalue weighted by Crippen LogP contribution is 2.23. The highest BCUT2D eigenvalue weighted by atomic mass is 16.7. The lowest BCUT2D eigenvalue weighted by molar-refractivity contribution is -0.302. The molecule has 0 aromatic rings. The number of carbonyl (C=O) groups is 1. The Morgan fingerprint density at radius 3 is 1.28 bits per heavy atom. The van der Waals surface area contributed by atoms with Crippen molar-refractivity contribution in [1.82, 2.24) is 5.32 Å². The van der Waals surface area contributed by atoms with E-state index in [9.17, 15) is 30.3 Å². The number of aliphatic hydroxyl groups excluding tert-OH is 5. The van der Waals surface area contributed by atoms with Crippen molar-refractivity contribution in [3.63, 3.8) is 0 Å². The fraction of sp³-hybridized carbons (Fsp3) is 0.879. The van der Waals surface area contributed by atoms with Gasteiger partial charge in [-0.25, -0.2) is 0 Å². The van der Waals surface area contributed by atoms with Gasteiger partial charge < -0.3 is 40.3 Å². The van der Waals surface area contributed by atoms with Crippen molar-refractivity contribution >= 4 is 5.91 Å². The van der Waals surface area contributed by atoms with Crippen molar-refractivity contribution in [2.45, 2.75) is 314 Å². The monoisotopic (exact) mass is 948 g/mol. The summed E-state index contributed by atoms with van der Waals surface area (Å²) in [5.74, 6) is -0.179. The zero-order valence-corrected chi connectivity index (χ0v) is 43.7. The number of ether oxygens (including phenoxy) is 2. The second-order valence-corrected chi connectivity index (χ2v) is 20.1. The molecule has 1 saturated heterocycles. The maximum atomic E-state index is 13.1. The second kappa shape index (κ2) is 48.1. The minimum Gasteiger partial charge on any atom is -0.394 e. The largest absolute Gasteiger partial charge is 0.394 e. The van der Waals surface area contributed by atoms with Crippen LogP contribution in [0.25, 0.3) is 0 Å². The van der Waals surface area contributed by atoms with Gasteiger partial charge in [0.15, 0.2) is 6.29 Å². The van der Waals surface area contributed by atoms with E-state index >= 15 is 0 Å². The first-order valence-corrected chi connectivity index (χ1v) is 28.7. The first-order valence-electron chi connectivity index (χ1n) is 28.7. The highest BCUT2D eigenvalue weighted by molar-refractivity contribution is 5.76. The lowest BCUT2D eigenvalue weighted by atomic mass is 9.99. The summed E-state index contributed by atoms with van der Waals surface area (Å²) < 4.78 is 11.3. The molecular weight excluding hydrogens is 839 g/mol. The lowest BCUT2D eigenvalue weighted by Crippen LogP contribution is -2.60. The van der Waals surface area contributed by atoms with Gasteiger partial charge in [-0.2, -0.15) is 0 Å². The van der Waals surface area contributed by atoms with E-state index in [0.717, 1.165) is 44.9 Å². The predicted molar refractivity (Wildman–Crippen MR) is 281 cm³/mol. The first kappa shape index (κ1) is 63.4. The third-order valence-corrected chi connectivity index (χ3v) is 13.7. The molecule has 0 aromatic heterocycles. The normalized spacial score (nSPS) is 19.9. The Hall–Kier alpha value is -1.59. The zero-order valence-electron chi connectivity index (χ0n) is 43.7. The van der Waals surface area contributed by atoms with Gasteiger partial charge in [-0.15, -0.1) is 0 Å². The Balaban J connectivity index is 2.24. The van der Waals surface area contributed by atoms with E-state index in [0.29, 0.717) is 6.42 Å². The minimum atomic E-state index is -1.57. The van der Waals surface area contributed by atoms with Crippen molar-refractivity contribution in [1.29, 1.82) is 0 Å². The Morgan fingerprint density at radius 2 is 0.881 bits per heavy atom. The molecule has 67 heavy (non-hydrogen) atoms. The van der Waals surface area contributed by atoms with Crippen LogP contribution in [-0.4, -0.2) is 87.5 Å². The summed E-state index contributed by atoms with van der Waals surface area (Å²) in [6.07, 6.45) is 54.9.